The van der Waals surface area contributed by atoms with Gasteiger partial charge >= 0.3 is 0 Å². The predicted molar refractivity (Wildman–Crippen MR) is 80.7 cm³/mol. The Morgan fingerprint density at radius 2 is 2.25 bits per heavy atom. The van der Waals surface area contributed by atoms with Crippen molar-refractivity contribution in [3.8, 4) is 6.07 Å². The third-order valence-electron chi connectivity index (χ3n) is 4.46. The van der Waals surface area contributed by atoms with Crippen LogP contribution in [0.3, 0.4) is 0 Å². The molecule has 0 bridgehead atoms. The van der Waals surface area contributed by atoms with Crippen molar-refractivity contribution in [1.29, 1.82) is 5.26 Å². The molecule has 4 heteroatoms. The highest BCUT2D eigenvalue weighted by atomic mass is 35.5. The molecule has 0 N–H and O–H groups in total. The Bertz CT molecular complexity index is 690. The molecule has 0 radical (unpaired) electrons. The molecule has 2 aromatic rings. The summed E-state index contributed by atoms with van der Waals surface area (Å²) in [7, 11) is 0. The van der Waals surface area contributed by atoms with Gasteiger partial charge < -0.3 is 4.57 Å². The van der Waals surface area contributed by atoms with E-state index in [0.29, 0.717) is 11.0 Å². The largest absolute Gasteiger partial charge is 0.326 e. The van der Waals surface area contributed by atoms with E-state index < -0.39 is 0 Å². The average Bonchev–Trinajstić information content (AvgIpc) is 3.14. The average molecular weight is 288 g/mol. The molecule has 1 saturated carbocycles. The first-order valence-electron chi connectivity index (χ1n) is 7.13. The maximum atomic E-state index is 9.09. The van der Waals surface area contributed by atoms with Crippen molar-refractivity contribution in [3.63, 3.8) is 0 Å². The van der Waals surface area contributed by atoms with Gasteiger partial charge in [-0.25, -0.2) is 4.98 Å². The van der Waals surface area contributed by atoms with Crippen LogP contribution in [-0.2, 0) is 6.54 Å². The van der Waals surface area contributed by atoms with Gasteiger partial charge in [-0.05, 0) is 49.8 Å². The lowest BCUT2D eigenvalue weighted by Gasteiger charge is -2.17. The van der Waals surface area contributed by atoms with Crippen molar-refractivity contribution < 1.29 is 0 Å². The fraction of sp³-hybridized carbons (Fsp3) is 0.500. The summed E-state index contributed by atoms with van der Waals surface area (Å²) in [6.45, 7) is 5.16. The summed E-state index contributed by atoms with van der Waals surface area (Å²) in [5.74, 6) is 0.913. The minimum Gasteiger partial charge on any atom is -0.326 e. The Morgan fingerprint density at radius 1 is 1.50 bits per heavy atom. The fourth-order valence-electron chi connectivity index (χ4n) is 2.82. The zero-order chi connectivity index (χ0) is 14.3. The summed E-state index contributed by atoms with van der Waals surface area (Å²) >= 11 is 6.30. The van der Waals surface area contributed by atoms with Crippen molar-refractivity contribution >= 4 is 22.6 Å². The Morgan fingerprint density at radius 3 is 2.80 bits per heavy atom. The number of nitrogens with zero attached hydrogens (tertiary/aromatic N) is 3. The lowest BCUT2D eigenvalue weighted by molar-refractivity contribution is 0.407. The molecule has 0 amide bonds. The van der Waals surface area contributed by atoms with E-state index >= 15 is 0 Å². The summed E-state index contributed by atoms with van der Waals surface area (Å²) in [5.41, 5.74) is 3.05. The quantitative estimate of drug-likeness (QED) is 0.782. The van der Waals surface area contributed by atoms with Gasteiger partial charge in [0, 0.05) is 6.54 Å². The molecule has 1 aliphatic carbocycles. The first kappa shape index (κ1) is 13.5. The molecule has 1 aliphatic rings. The number of nitriles is 1. The van der Waals surface area contributed by atoms with Crippen molar-refractivity contribution in [2.24, 2.45) is 5.41 Å². The Labute approximate surface area is 124 Å². The van der Waals surface area contributed by atoms with Gasteiger partial charge in [-0.1, -0.05) is 6.92 Å². The molecule has 0 aliphatic heterocycles. The zero-order valence-corrected chi connectivity index (χ0v) is 12.6. The second-order valence-corrected chi connectivity index (χ2v) is 6.50. The molecule has 1 unspecified atom stereocenters. The molecule has 0 spiro atoms. The maximum absolute atomic E-state index is 9.09. The van der Waals surface area contributed by atoms with Gasteiger partial charge in [0.1, 0.15) is 5.82 Å². The van der Waals surface area contributed by atoms with Crippen LogP contribution in [0.5, 0.6) is 0 Å². The standard InChI is InChI=1S/C16H18ClN3/c1-3-16(6-7-16)10-20-14-8-12(9-18)4-5-13(14)19-15(20)11(2)17/h4-5,8,11H,3,6-7,10H2,1-2H3. The molecule has 3 nitrogen and oxygen atoms in total. The molecule has 1 atom stereocenters. The van der Waals surface area contributed by atoms with Gasteiger partial charge in [0.25, 0.3) is 0 Å². The van der Waals surface area contributed by atoms with Gasteiger partial charge in [-0.3, -0.25) is 0 Å². The molecule has 1 heterocycles. The number of hydrogen-bond donors (Lipinski definition) is 0. The second-order valence-electron chi connectivity index (χ2n) is 5.84. The summed E-state index contributed by atoms with van der Waals surface area (Å²) in [4.78, 5) is 4.66. The van der Waals surface area contributed by atoms with Crippen LogP contribution in [0.2, 0.25) is 0 Å². The highest BCUT2D eigenvalue weighted by molar-refractivity contribution is 6.20. The summed E-state index contributed by atoms with van der Waals surface area (Å²) < 4.78 is 2.23. The van der Waals surface area contributed by atoms with E-state index in [-0.39, 0.29) is 5.38 Å². The van der Waals surface area contributed by atoms with Gasteiger partial charge in [-0.2, -0.15) is 5.26 Å². The van der Waals surface area contributed by atoms with E-state index in [1.165, 1.54) is 19.3 Å². The van der Waals surface area contributed by atoms with E-state index in [4.69, 9.17) is 16.9 Å². The van der Waals surface area contributed by atoms with Crippen LogP contribution < -0.4 is 0 Å². The number of imidazole rings is 1. The second kappa shape index (κ2) is 4.79. The van der Waals surface area contributed by atoms with Crippen LogP contribution in [0.4, 0.5) is 0 Å². The third kappa shape index (κ3) is 2.19. The molecule has 1 aromatic heterocycles. The third-order valence-corrected chi connectivity index (χ3v) is 4.66. The van der Waals surface area contributed by atoms with Crippen molar-refractivity contribution in [1.82, 2.24) is 9.55 Å². The number of rotatable bonds is 4. The number of hydrogen-bond acceptors (Lipinski definition) is 2. The highest BCUT2D eigenvalue weighted by Crippen LogP contribution is 2.50. The van der Waals surface area contributed by atoms with Crippen LogP contribution >= 0.6 is 11.6 Å². The lowest BCUT2D eigenvalue weighted by Crippen LogP contribution is -2.13. The molecular weight excluding hydrogens is 270 g/mol. The molecule has 0 saturated heterocycles. The van der Waals surface area contributed by atoms with E-state index in [9.17, 15) is 0 Å². The number of alkyl halides is 1. The minimum absolute atomic E-state index is 0.124. The van der Waals surface area contributed by atoms with E-state index in [2.05, 4.69) is 22.5 Å². The van der Waals surface area contributed by atoms with Crippen LogP contribution in [0.25, 0.3) is 11.0 Å². The monoisotopic (exact) mass is 287 g/mol. The van der Waals surface area contributed by atoms with E-state index in [0.717, 1.165) is 23.4 Å². The Balaban J connectivity index is 2.15. The van der Waals surface area contributed by atoms with Crippen LogP contribution in [0.15, 0.2) is 18.2 Å². The predicted octanol–water partition coefficient (Wildman–Crippen LogP) is 4.40. The number of halogens is 1. The smallest absolute Gasteiger partial charge is 0.127 e. The van der Waals surface area contributed by atoms with Crippen molar-refractivity contribution in [2.75, 3.05) is 0 Å². The summed E-state index contributed by atoms with van der Waals surface area (Å²) in [6.07, 6.45) is 3.73. The van der Waals surface area contributed by atoms with Gasteiger partial charge in [0.15, 0.2) is 0 Å². The van der Waals surface area contributed by atoms with Crippen molar-refractivity contribution in [2.45, 2.75) is 45.0 Å². The molecule has 1 aromatic carbocycles. The lowest BCUT2D eigenvalue weighted by atomic mass is 10.0. The van der Waals surface area contributed by atoms with Crippen molar-refractivity contribution in [3.05, 3.63) is 29.6 Å². The number of fused-ring (bicyclic) bond motifs is 1. The van der Waals surface area contributed by atoms with Gasteiger partial charge in [-0.15, -0.1) is 11.6 Å². The summed E-state index contributed by atoms with van der Waals surface area (Å²) in [6, 6.07) is 7.86. The van der Waals surface area contributed by atoms with Gasteiger partial charge in [0.05, 0.1) is 28.0 Å². The molecular formula is C16H18ClN3. The number of aromatic nitrogens is 2. The molecule has 20 heavy (non-hydrogen) atoms. The molecule has 1 fully saturated rings. The molecule has 3 rings (SSSR count). The minimum atomic E-state index is -0.124. The number of benzene rings is 1. The van der Waals surface area contributed by atoms with E-state index in [1.54, 1.807) is 0 Å². The van der Waals surface area contributed by atoms with Crippen LogP contribution in [0, 0.1) is 16.7 Å². The SMILES string of the molecule is CCC1(Cn2c(C(C)Cl)nc3ccc(C#N)cc32)CC1. The summed E-state index contributed by atoms with van der Waals surface area (Å²) in [5, 5.41) is 8.96. The first-order chi connectivity index (χ1) is 9.58. The Kier molecular flexibility index (Phi) is 3.22. The molecule has 104 valence electrons. The van der Waals surface area contributed by atoms with Gasteiger partial charge in [0.2, 0.25) is 0 Å². The Hall–Kier alpha value is -1.53. The maximum Gasteiger partial charge on any atom is 0.127 e. The van der Waals surface area contributed by atoms with Crippen LogP contribution in [0.1, 0.15) is 49.9 Å². The van der Waals surface area contributed by atoms with Crippen LogP contribution in [-0.4, -0.2) is 9.55 Å². The zero-order valence-electron chi connectivity index (χ0n) is 11.9. The normalized spacial score (nSPS) is 17.9. The topological polar surface area (TPSA) is 41.6 Å². The first-order valence-corrected chi connectivity index (χ1v) is 7.56. The fourth-order valence-corrected chi connectivity index (χ4v) is 2.98. The highest BCUT2D eigenvalue weighted by Gasteiger charge is 2.41. The van der Waals surface area contributed by atoms with E-state index in [1.807, 2.05) is 25.1 Å².